The lowest BCUT2D eigenvalue weighted by atomic mass is 9.98. The second-order valence-corrected chi connectivity index (χ2v) is 3.24. The first-order valence-electron chi connectivity index (χ1n) is 4.35. The maximum Gasteiger partial charge on any atom is 0.336 e. The molecular formula is C10H14N2O2. The number of rotatable bonds is 3. The van der Waals surface area contributed by atoms with Crippen LogP contribution in [0.25, 0.3) is 0 Å². The van der Waals surface area contributed by atoms with Gasteiger partial charge in [0.15, 0.2) is 0 Å². The van der Waals surface area contributed by atoms with E-state index in [1.807, 2.05) is 6.92 Å². The van der Waals surface area contributed by atoms with E-state index in [9.17, 15) is 4.79 Å². The predicted octanol–water partition coefficient (Wildman–Crippen LogP) is 0.652. The van der Waals surface area contributed by atoms with Gasteiger partial charge >= 0.3 is 5.97 Å². The third-order valence-corrected chi connectivity index (χ3v) is 2.09. The molecule has 1 unspecified atom stereocenters. The van der Waals surface area contributed by atoms with Gasteiger partial charge in [0.1, 0.15) is 0 Å². The quantitative estimate of drug-likeness (QED) is 0.659. The number of carboxylic acids is 1. The summed E-state index contributed by atoms with van der Waals surface area (Å²) in [5, 5.41) is 8.90. The van der Waals surface area contributed by atoms with Crippen molar-refractivity contribution in [2.45, 2.75) is 13.0 Å². The number of carboxylic acid groups (broad SMARTS) is 1. The minimum absolute atomic E-state index is 0.230. The molecule has 14 heavy (non-hydrogen) atoms. The highest BCUT2D eigenvalue weighted by atomic mass is 16.4. The molecule has 0 radical (unpaired) electrons. The summed E-state index contributed by atoms with van der Waals surface area (Å²) in [5.74, 6) is -0.969. The van der Waals surface area contributed by atoms with Gasteiger partial charge in [-0.15, -0.1) is 0 Å². The SMILES string of the molecule is Cc1ccc(C(=O)O)c(C(N)CN)c1. The van der Waals surface area contributed by atoms with Gasteiger partial charge in [-0.05, 0) is 18.6 Å². The van der Waals surface area contributed by atoms with Crippen LogP contribution < -0.4 is 11.5 Å². The molecule has 0 aliphatic rings. The monoisotopic (exact) mass is 194 g/mol. The highest BCUT2D eigenvalue weighted by molar-refractivity contribution is 5.89. The fourth-order valence-corrected chi connectivity index (χ4v) is 1.31. The van der Waals surface area contributed by atoms with Crippen molar-refractivity contribution in [3.63, 3.8) is 0 Å². The lowest BCUT2D eigenvalue weighted by Gasteiger charge is -2.12. The van der Waals surface area contributed by atoms with Crippen molar-refractivity contribution >= 4 is 5.97 Å². The summed E-state index contributed by atoms with van der Waals surface area (Å²) in [6.45, 7) is 2.13. The smallest absolute Gasteiger partial charge is 0.336 e. The van der Waals surface area contributed by atoms with Crippen LogP contribution in [-0.2, 0) is 0 Å². The third-order valence-electron chi connectivity index (χ3n) is 2.09. The molecule has 4 heteroatoms. The fraction of sp³-hybridized carbons (Fsp3) is 0.300. The number of hydrogen-bond donors (Lipinski definition) is 3. The molecular weight excluding hydrogens is 180 g/mol. The topological polar surface area (TPSA) is 89.3 Å². The number of aryl methyl sites for hydroxylation is 1. The zero-order valence-electron chi connectivity index (χ0n) is 8.03. The van der Waals surface area contributed by atoms with Gasteiger partial charge in [-0.3, -0.25) is 0 Å². The minimum atomic E-state index is -0.969. The Kier molecular flexibility index (Phi) is 3.22. The summed E-state index contributed by atoms with van der Waals surface area (Å²) in [6.07, 6.45) is 0. The van der Waals surface area contributed by atoms with Crippen LogP contribution in [0.15, 0.2) is 18.2 Å². The summed E-state index contributed by atoms with van der Waals surface area (Å²) < 4.78 is 0. The maximum absolute atomic E-state index is 10.9. The lowest BCUT2D eigenvalue weighted by Crippen LogP contribution is -2.23. The van der Waals surface area contributed by atoms with Crippen molar-refractivity contribution in [3.8, 4) is 0 Å². The van der Waals surface area contributed by atoms with E-state index in [1.54, 1.807) is 18.2 Å². The van der Waals surface area contributed by atoms with Crippen molar-refractivity contribution in [2.24, 2.45) is 11.5 Å². The van der Waals surface area contributed by atoms with Gasteiger partial charge < -0.3 is 16.6 Å². The molecule has 1 aromatic rings. The van der Waals surface area contributed by atoms with Gasteiger partial charge in [0, 0.05) is 12.6 Å². The van der Waals surface area contributed by atoms with Crippen molar-refractivity contribution in [1.82, 2.24) is 0 Å². The Morgan fingerprint density at radius 1 is 1.57 bits per heavy atom. The molecule has 1 aromatic carbocycles. The number of hydrogen-bond acceptors (Lipinski definition) is 3. The average molecular weight is 194 g/mol. The number of benzene rings is 1. The van der Waals surface area contributed by atoms with Crippen molar-refractivity contribution < 1.29 is 9.90 Å². The molecule has 0 saturated heterocycles. The van der Waals surface area contributed by atoms with E-state index in [0.717, 1.165) is 5.56 Å². The van der Waals surface area contributed by atoms with Gasteiger partial charge in [-0.1, -0.05) is 17.7 Å². The van der Waals surface area contributed by atoms with E-state index < -0.39 is 12.0 Å². The van der Waals surface area contributed by atoms with Gasteiger partial charge in [0.05, 0.1) is 5.56 Å². The van der Waals surface area contributed by atoms with Crippen LogP contribution in [0.5, 0.6) is 0 Å². The molecule has 0 spiro atoms. The number of aromatic carboxylic acids is 1. The molecule has 0 fully saturated rings. The Bertz CT molecular complexity index is 350. The van der Waals surface area contributed by atoms with E-state index in [0.29, 0.717) is 5.56 Å². The first-order valence-corrected chi connectivity index (χ1v) is 4.35. The van der Waals surface area contributed by atoms with E-state index in [4.69, 9.17) is 16.6 Å². The zero-order valence-corrected chi connectivity index (χ0v) is 8.03. The molecule has 0 aromatic heterocycles. The second-order valence-electron chi connectivity index (χ2n) is 3.24. The van der Waals surface area contributed by atoms with E-state index in [1.165, 1.54) is 0 Å². The number of nitrogens with two attached hydrogens (primary N) is 2. The average Bonchev–Trinajstić information content (AvgIpc) is 2.16. The fourth-order valence-electron chi connectivity index (χ4n) is 1.31. The molecule has 4 nitrogen and oxygen atoms in total. The molecule has 0 aliphatic carbocycles. The Morgan fingerprint density at radius 3 is 2.71 bits per heavy atom. The normalized spacial score (nSPS) is 12.5. The van der Waals surface area contributed by atoms with E-state index in [2.05, 4.69) is 0 Å². The summed E-state index contributed by atoms with van der Waals surface area (Å²) in [7, 11) is 0. The van der Waals surface area contributed by atoms with Crippen LogP contribution >= 0.6 is 0 Å². The largest absolute Gasteiger partial charge is 0.478 e. The molecule has 0 amide bonds. The standard InChI is InChI=1S/C10H14N2O2/c1-6-2-3-7(10(13)14)8(4-6)9(12)5-11/h2-4,9H,5,11-12H2,1H3,(H,13,14). The van der Waals surface area contributed by atoms with Crippen molar-refractivity contribution in [1.29, 1.82) is 0 Å². The lowest BCUT2D eigenvalue weighted by molar-refractivity contribution is 0.0695. The van der Waals surface area contributed by atoms with E-state index >= 15 is 0 Å². The summed E-state index contributed by atoms with van der Waals surface area (Å²) in [4.78, 5) is 10.9. The van der Waals surface area contributed by atoms with Crippen LogP contribution in [0.4, 0.5) is 0 Å². The third kappa shape index (κ3) is 2.10. The molecule has 0 aliphatic heterocycles. The Balaban J connectivity index is 3.22. The first-order chi connectivity index (χ1) is 6.56. The Labute approximate surface area is 82.5 Å². The van der Waals surface area contributed by atoms with Gasteiger partial charge in [0.25, 0.3) is 0 Å². The van der Waals surface area contributed by atoms with Crippen molar-refractivity contribution in [3.05, 3.63) is 34.9 Å². The van der Waals surface area contributed by atoms with Crippen LogP contribution in [0, 0.1) is 6.92 Å². The Morgan fingerprint density at radius 2 is 2.21 bits per heavy atom. The van der Waals surface area contributed by atoms with Crippen LogP contribution in [0.3, 0.4) is 0 Å². The van der Waals surface area contributed by atoms with Gasteiger partial charge in [-0.2, -0.15) is 0 Å². The molecule has 0 saturated carbocycles. The Hall–Kier alpha value is -1.39. The highest BCUT2D eigenvalue weighted by Crippen LogP contribution is 2.17. The van der Waals surface area contributed by atoms with Gasteiger partial charge in [0.2, 0.25) is 0 Å². The van der Waals surface area contributed by atoms with Crippen LogP contribution in [0.1, 0.15) is 27.5 Å². The molecule has 1 atom stereocenters. The predicted molar refractivity (Wildman–Crippen MR) is 54.1 cm³/mol. The zero-order chi connectivity index (χ0) is 10.7. The summed E-state index contributed by atoms with van der Waals surface area (Å²) in [6, 6.07) is 4.65. The first kappa shape index (κ1) is 10.7. The molecule has 76 valence electrons. The molecule has 5 N–H and O–H groups in total. The molecule has 0 bridgehead atoms. The molecule has 1 rings (SSSR count). The second kappa shape index (κ2) is 4.21. The number of carbonyl (C=O) groups is 1. The van der Waals surface area contributed by atoms with Crippen molar-refractivity contribution in [2.75, 3.05) is 6.54 Å². The summed E-state index contributed by atoms with van der Waals surface area (Å²) in [5.41, 5.74) is 12.9. The van der Waals surface area contributed by atoms with E-state index in [-0.39, 0.29) is 12.1 Å². The molecule has 0 heterocycles. The summed E-state index contributed by atoms with van der Waals surface area (Å²) >= 11 is 0. The van der Waals surface area contributed by atoms with Crippen LogP contribution in [-0.4, -0.2) is 17.6 Å². The minimum Gasteiger partial charge on any atom is -0.478 e. The maximum atomic E-state index is 10.9. The highest BCUT2D eigenvalue weighted by Gasteiger charge is 2.14. The van der Waals surface area contributed by atoms with Gasteiger partial charge in [-0.25, -0.2) is 4.79 Å². The van der Waals surface area contributed by atoms with Crippen LogP contribution in [0.2, 0.25) is 0 Å².